The Bertz CT molecular complexity index is 659. The van der Waals surface area contributed by atoms with Crippen LogP contribution in [0.15, 0.2) is 23.2 Å². The van der Waals surface area contributed by atoms with Crippen LogP contribution in [0.4, 0.5) is 0 Å². The number of nitrogens with one attached hydrogen (secondary N) is 2. The second kappa shape index (κ2) is 13.4. The highest BCUT2D eigenvalue weighted by Gasteiger charge is 2.17. The van der Waals surface area contributed by atoms with Gasteiger partial charge in [-0.3, -0.25) is 4.99 Å². The number of hydrogen-bond acceptors (Lipinski definition) is 4. The van der Waals surface area contributed by atoms with E-state index in [0.29, 0.717) is 19.1 Å². The van der Waals surface area contributed by atoms with Crippen molar-refractivity contribution in [3.63, 3.8) is 0 Å². The molecule has 2 fully saturated rings. The number of nitrogens with zero attached hydrogens (tertiary/aromatic N) is 2. The topological polar surface area (TPSA) is 58.1 Å². The van der Waals surface area contributed by atoms with Crippen molar-refractivity contribution in [2.24, 2.45) is 10.9 Å². The minimum atomic E-state index is 0. The first-order valence-electron chi connectivity index (χ1n) is 11.1. The van der Waals surface area contributed by atoms with Crippen molar-refractivity contribution in [2.45, 2.75) is 52.2 Å². The largest absolute Gasteiger partial charge is 0.491 e. The standard InChI is InChI=1S/C23H38N4O2.HI/c1-18-8-9-20(22(13-18)29-17-21-7-6-12-28-21)15-26-23(24-3)25-14-19(2)16-27-10-4-5-11-27;/h8-9,13,19,21H,4-7,10-12,14-17H2,1-3H3,(H2,24,25,26);1H. The van der Waals surface area contributed by atoms with E-state index in [4.69, 9.17) is 9.47 Å². The first kappa shape index (κ1) is 25.2. The van der Waals surface area contributed by atoms with E-state index in [2.05, 4.69) is 52.6 Å². The highest BCUT2D eigenvalue weighted by molar-refractivity contribution is 14.0. The molecule has 0 amide bonds. The molecule has 2 atom stereocenters. The maximum absolute atomic E-state index is 6.11. The normalized spacial score (nSPS) is 20.6. The Labute approximate surface area is 199 Å². The molecule has 2 saturated heterocycles. The Morgan fingerprint density at radius 1 is 1.27 bits per heavy atom. The molecule has 170 valence electrons. The van der Waals surface area contributed by atoms with Gasteiger partial charge in [-0.15, -0.1) is 24.0 Å². The van der Waals surface area contributed by atoms with Crippen LogP contribution in [0.25, 0.3) is 0 Å². The van der Waals surface area contributed by atoms with Gasteiger partial charge in [0.05, 0.1) is 6.10 Å². The van der Waals surface area contributed by atoms with Crippen molar-refractivity contribution in [2.75, 3.05) is 46.4 Å². The minimum absolute atomic E-state index is 0. The summed E-state index contributed by atoms with van der Waals surface area (Å²) in [6.45, 7) is 11.1. The summed E-state index contributed by atoms with van der Waals surface area (Å²) in [5.74, 6) is 2.37. The Hall–Kier alpha value is -1.06. The predicted octanol–water partition coefficient (Wildman–Crippen LogP) is 3.57. The van der Waals surface area contributed by atoms with E-state index < -0.39 is 0 Å². The molecule has 2 aliphatic rings. The van der Waals surface area contributed by atoms with Gasteiger partial charge in [-0.25, -0.2) is 0 Å². The van der Waals surface area contributed by atoms with Crippen LogP contribution in [0.3, 0.4) is 0 Å². The third kappa shape index (κ3) is 8.23. The molecule has 0 radical (unpaired) electrons. The van der Waals surface area contributed by atoms with E-state index in [-0.39, 0.29) is 30.1 Å². The zero-order chi connectivity index (χ0) is 20.5. The van der Waals surface area contributed by atoms with Gasteiger partial charge in [0.2, 0.25) is 0 Å². The number of benzene rings is 1. The van der Waals surface area contributed by atoms with Crippen LogP contribution in [0.2, 0.25) is 0 Å². The lowest BCUT2D eigenvalue weighted by Crippen LogP contribution is -2.41. The quantitative estimate of drug-likeness (QED) is 0.291. The van der Waals surface area contributed by atoms with Gasteiger partial charge < -0.3 is 25.0 Å². The van der Waals surface area contributed by atoms with Crippen LogP contribution in [0, 0.1) is 12.8 Å². The lowest BCUT2D eigenvalue weighted by atomic mass is 10.1. The Balaban J connectivity index is 0.00000320. The first-order valence-corrected chi connectivity index (χ1v) is 11.1. The fraction of sp³-hybridized carbons (Fsp3) is 0.696. The minimum Gasteiger partial charge on any atom is -0.491 e. The van der Waals surface area contributed by atoms with Crippen molar-refractivity contribution in [3.05, 3.63) is 29.3 Å². The van der Waals surface area contributed by atoms with Gasteiger partial charge in [0.15, 0.2) is 5.96 Å². The highest BCUT2D eigenvalue weighted by Crippen LogP contribution is 2.22. The van der Waals surface area contributed by atoms with E-state index in [1.165, 1.54) is 31.5 Å². The van der Waals surface area contributed by atoms with Crippen molar-refractivity contribution in [3.8, 4) is 5.75 Å². The fourth-order valence-corrected chi connectivity index (χ4v) is 4.04. The summed E-state index contributed by atoms with van der Waals surface area (Å²) >= 11 is 0. The molecule has 0 saturated carbocycles. The smallest absolute Gasteiger partial charge is 0.191 e. The van der Waals surface area contributed by atoms with E-state index in [1.807, 2.05) is 7.05 Å². The Morgan fingerprint density at radius 3 is 2.77 bits per heavy atom. The lowest BCUT2D eigenvalue weighted by Gasteiger charge is -2.22. The molecule has 7 heteroatoms. The number of aliphatic imine (C=N–C) groups is 1. The molecular formula is C23H39IN4O2. The van der Waals surface area contributed by atoms with Crippen LogP contribution < -0.4 is 15.4 Å². The number of halogens is 1. The van der Waals surface area contributed by atoms with Crippen molar-refractivity contribution >= 4 is 29.9 Å². The van der Waals surface area contributed by atoms with Gasteiger partial charge in [-0.1, -0.05) is 19.1 Å². The maximum atomic E-state index is 6.11. The summed E-state index contributed by atoms with van der Waals surface area (Å²) in [5, 5.41) is 6.91. The Morgan fingerprint density at radius 2 is 2.07 bits per heavy atom. The van der Waals surface area contributed by atoms with Crippen LogP contribution in [0.1, 0.15) is 43.7 Å². The van der Waals surface area contributed by atoms with E-state index >= 15 is 0 Å². The molecule has 0 aliphatic carbocycles. The SMILES string of the molecule is CN=C(NCc1ccc(C)cc1OCC1CCCO1)NCC(C)CN1CCCC1.I. The van der Waals surface area contributed by atoms with E-state index in [1.54, 1.807) is 0 Å². The number of aryl methyl sites for hydroxylation is 1. The molecule has 3 rings (SSSR count). The molecule has 0 bridgehead atoms. The average Bonchev–Trinajstić information content (AvgIpc) is 3.41. The van der Waals surface area contributed by atoms with E-state index in [9.17, 15) is 0 Å². The summed E-state index contributed by atoms with van der Waals surface area (Å²) in [6, 6.07) is 6.38. The second-order valence-electron chi connectivity index (χ2n) is 8.48. The van der Waals surface area contributed by atoms with Crippen molar-refractivity contribution < 1.29 is 9.47 Å². The summed E-state index contributed by atoms with van der Waals surface area (Å²) in [7, 11) is 1.82. The van der Waals surface area contributed by atoms with Gasteiger partial charge in [-0.2, -0.15) is 0 Å². The summed E-state index contributed by atoms with van der Waals surface area (Å²) in [4.78, 5) is 6.95. The fourth-order valence-electron chi connectivity index (χ4n) is 4.04. The zero-order valence-electron chi connectivity index (χ0n) is 18.8. The zero-order valence-corrected chi connectivity index (χ0v) is 21.1. The summed E-state index contributed by atoms with van der Waals surface area (Å²) in [5.41, 5.74) is 2.34. The molecule has 30 heavy (non-hydrogen) atoms. The van der Waals surface area contributed by atoms with E-state index in [0.717, 1.165) is 49.8 Å². The summed E-state index contributed by atoms with van der Waals surface area (Å²) in [6.07, 6.45) is 5.14. The van der Waals surface area contributed by atoms with Gasteiger partial charge in [0, 0.05) is 38.9 Å². The van der Waals surface area contributed by atoms with Gasteiger partial charge in [0.25, 0.3) is 0 Å². The average molecular weight is 530 g/mol. The molecular weight excluding hydrogens is 491 g/mol. The third-order valence-electron chi connectivity index (χ3n) is 5.73. The van der Waals surface area contributed by atoms with Gasteiger partial charge >= 0.3 is 0 Å². The summed E-state index contributed by atoms with van der Waals surface area (Å²) < 4.78 is 11.8. The first-order chi connectivity index (χ1) is 14.1. The second-order valence-corrected chi connectivity index (χ2v) is 8.48. The third-order valence-corrected chi connectivity index (χ3v) is 5.73. The number of ether oxygens (including phenoxy) is 2. The molecule has 1 aromatic rings. The van der Waals surface area contributed by atoms with Crippen molar-refractivity contribution in [1.29, 1.82) is 0 Å². The molecule has 0 spiro atoms. The monoisotopic (exact) mass is 530 g/mol. The lowest BCUT2D eigenvalue weighted by molar-refractivity contribution is 0.0676. The van der Waals surface area contributed by atoms with Gasteiger partial charge in [0.1, 0.15) is 12.4 Å². The maximum Gasteiger partial charge on any atom is 0.191 e. The molecule has 1 aromatic carbocycles. The molecule has 0 aromatic heterocycles. The predicted molar refractivity (Wildman–Crippen MR) is 134 cm³/mol. The van der Waals surface area contributed by atoms with Crippen LogP contribution in [0.5, 0.6) is 5.75 Å². The molecule has 2 aliphatic heterocycles. The van der Waals surface area contributed by atoms with Crippen LogP contribution >= 0.6 is 24.0 Å². The number of hydrogen-bond donors (Lipinski definition) is 2. The van der Waals surface area contributed by atoms with Gasteiger partial charge in [-0.05, 0) is 63.2 Å². The van der Waals surface area contributed by atoms with Crippen molar-refractivity contribution in [1.82, 2.24) is 15.5 Å². The van der Waals surface area contributed by atoms with Crippen LogP contribution in [-0.2, 0) is 11.3 Å². The Kier molecular flexibility index (Phi) is 11.2. The molecule has 6 nitrogen and oxygen atoms in total. The number of guanidine groups is 1. The highest BCUT2D eigenvalue weighted by atomic mass is 127. The molecule has 2 N–H and O–H groups in total. The van der Waals surface area contributed by atoms with Crippen LogP contribution in [-0.4, -0.2) is 63.4 Å². The number of likely N-dealkylation sites (tertiary alicyclic amines) is 1. The molecule has 2 heterocycles. The number of rotatable bonds is 9. The molecule has 2 unspecified atom stereocenters.